The van der Waals surface area contributed by atoms with E-state index in [1.807, 2.05) is 31.2 Å². The third kappa shape index (κ3) is 2.44. The normalized spacial score (nSPS) is 10.2. The number of carbonyl (C=O) groups is 1. The molecule has 0 atom stereocenters. The first kappa shape index (κ1) is 11.2. The van der Waals surface area contributed by atoms with E-state index in [1.165, 1.54) is 0 Å². The predicted molar refractivity (Wildman–Crippen MR) is 66.4 cm³/mol. The summed E-state index contributed by atoms with van der Waals surface area (Å²) in [6, 6.07) is 9.01. The number of primary amides is 1. The number of aryl methyl sites for hydroxylation is 2. The molecule has 5 heteroatoms. The summed E-state index contributed by atoms with van der Waals surface area (Å²) in [5, 5.41) is 7.12. The summed E-state index contributed by atoms with van der Waals surface area (Å²) >= 11 is 0. The van der Waals surface area contributed by atoms with E-state index in [0.717, 1.165) is 21.6 Å². The fraction of sp³-hybridized carbons (Fsp3) is 0.167. The van der Waals surface area contributed by atoms with Gasteiger partial charge in [0.05, 0.1) is 5.69 Å². The molecule has 5 nitrogen and oxygen atoms in total. The van der Waals surface area contributed by atoms with Crippen LogP contribution >= 0.6 is 0 Å². The van der Waals surface area contributed by atoms with Crippen LogP contribution in [0.3, 0.4) is 0 Å². The monoisotopic (exact) mass is 230 g/mol. The molecule has 0 aliphatic carbocycles. The van der Waals surface area contributed by atoms with Gasteiger partial charge in [0, 0.05) is 11.8 Å². The molecule has 0 bridgehead atoms. The number of rotatable bonds is 2. The van der Waals surface area contributed by atoms with Gasteiger partial charge in [0.1, 0.15) is 5.82 Å². The van der Waals surface area contributed by atoms with Crippen molar-refractivity contribution in [2.75, 3.05) is 5.32 Å². The lowest BCUT2D eigenvalue weighted by Crippen LogP contribution is -2.22. The van der Waals surface area contributed by atoms with Crippen molar-refractivity contribution in [2.24, 2.45) is 5.73 Å². The van der Waals surface area contributed by atoms with Gasteiger partial charge in [-0.2, -0.15) is 9.78 Å². The number of hydrogen-bond acceptors (Lipinski definition) is 3. The molecule has 1 aromatic carbocycles. The van der Waals surface area contributed by atoms with E-state index in [4.69, 9.17) is 5.73 Å². The van der Waals surface area contributed by atoms with Gasteiger partial charge >= 0.3 is 6.03 Å². The van der Waals surface area contributed by atoms with E-state index in [0.29, 0.717) is 5.82 Å². The van der Waals surface area contributed by atoms with Crippen molar-refractivity contribution in [3.63, 3.8) is 0 Å². The SMILES string of the molecule is Cc1cccc(Nc2cc(C)nn2C(N)=O)c1. The molecule has 1 heterocycles. The number of aromatic nitrogens is 2. The van der Waals surface area contributed by atoms with Gasteiger partial charge in [-0.05, 0) is 31.5 Å². The van der Waals surface area contributed by atoms with E-state index >= 15 is 0 Å². The second-order valence-corrected chi connectivity index (χ2v) is 3.92. The van der Waals surface area contributed by atoms with E-state index in [2.05, 4.69) is 10.4 Å². The highest BCUT2D eigenvalue weighted by Crippen LogP contribution is 2.18. The molecule has 0 saturated carbocycles. The third-order valence-corrected chi connectivity index (χ3v) is 2.33. The van der Waals surface area contributed by atoms with E-state index in [1.54, 1.807) is 13.0 Å². The maximum absolute atomic E-state index is 11.2. The molecular formula is C12H14N4O. The number of nitrogens with zero attached hydrogens (tertiary/aromatic N) is 2. The number of nitrogens with one attached hydrogen (secondary N) is 1. The Bertz CT molecular complexity index is 559. The van der Waals surface area contributed by atoms with Crippen LogP contribution in [0.15, 0.2) is 30.3 Å². The zero-order chi connectivity index (χ0) is 12.4. The summed E-state index contributed by atoms with van der Waals surface area (Å²) in [6.07, 6.45) is 0. The summed E-state index contributed by atoms with van der Waals surface area (Å²) in [5.41, 5.74) is 8.00. The highest BCUT2D eigenvalue weighted by Gasteiger charge is 2.09. The minimum absolute atomic E-state index is 0.570. The van der Waals surface area contributed by atoms with E-state index < -0.39 is 6.03 Å². The van der Waals surface area contributed by atoms with Crippen molar-refractivity contribution in [1.29, 1.82) is 0 Å². The Morgan fingerprint density at radius 3 is 2.76 bits per heavy atom. The maximum atomic E-state index is 11.2. The Balaban J connectivity index is 2.32. The zero-order valence-corrected chi connectivity index (χ0v) is 9.77. The van der Waals surface area contributed by atoms with Crippen LogP contribution in [0.4, 0.5) is 16.3 Å². The molecule has 0 radical (unpaired) electrons. The van der Waals surface area contributed by atoms with Crippen LogP contribution in [0, 0.1) is 13.8 Å². The van der Waals surface area contributed by atoms with Gasteiger partial charge in [-0.15, -0.1) is 0 Å². The first-order valence-electron chi connectivity index (χ1n) is 5.26. The first-order valence-corrected chi connectivity index (χ1v) is 5.26. The quantitative estimate of drug-likeness (QED) is 0.830. The van der Waals surface area contributed by atoms with Crippen LogP contribution in [0.25, 0.3) is 0 Å². The van der Waals surface area contributed by atoms with Gasteiger partial charge in [0.2, 0.25) is 0 Å². The number of hydrogen-bond donors (Lipinski definition) is 2. The Kier molecular flexibility index (Phi) is 2.82. The molecule has 0 saturated heterocycles. The Hall–Kier alpha value is -2.30. The molecular weight excluding hydrogens is 216 g/mol. The van der Waals surface area contributed by atoms with E-state index in [-0.39, 0.29) is 0 Å². The fourth-order valence-corrected chi connectivity index (χ4v) is 1.63. The van der Waals surface area contributed by atoms with Gasteiger partial charge in [0.25, 0.3) is 0 Å². The fourth-order valence-electron chi connectivity index (χ4n) is 1.63. The minimum Gasteiger partial charge on any atom is -0.350 e. The molecule has 0 fully saturated rings. The van der Waals surface area contributed by atoms with Crippen LogP contribution in [0.1, 0.15) is 11.3 Å². The van der Waals surface area contributed by atoms with Crippen LogP contribution in [-0.2, 0) is 0 Å². The topological polar surface area (TPSA) is 72.9 Å². The molecule has 0 unspecified atom stereocenters. The lowest BCUT2D eigenvalue weighted by molar-refractivity contribution is 0.248. The van der Waals surface area contributed by atoms with Gasteiger partial charge in [0.15, 0.2) is 0 Å². The average Bonchev–Trinajstić information content (AvgIpc) is 2.59. The Morgan fingerprint density at radius 1 is 1.35 bits per heavy atom. The largest absolute Gasteiger partial charge is 0.350 e. The number of anilines is 2. The second-order valence-electron chi connectivity index (χ2n) is 3.92. The van der Waals surface area contributed by atoms with Crippen molar-refractivity contribution in [3.8, 4) is 0 Å². The van der Waals surface area contributed by atoms with Crippen molar-refractivity contribution < 1.29 is 4.79 Å². The van der Waals surface area contributed by atoms with Crippen molar-refractivity contribution in [2.45, 2.75) is 13.8 Å². The summed E-state index contributed by atoms with van der Waals surface area (Å²) in [6.45, 7) is 3.81. The first-order chi connectivity index (χ1) is 8.06. The maximum Gasteiger partial charge on any atom is 0.341 e. The zero-order valence-electron chi connectivity index (χ0n) is 9.77. The molecule has 1 amide bonds. The van der Waals surface area contributed by atoms with Crippen LogP contribution in [0.5, 0.6) is 0 Å². The average molecular weight is 230 g/mol. The number of benzene rings is 1. The number of amides is 1. The van der Waals surface area contributed by atoms with Crippen molar-refractivity contribution in [3.05, 3.63) is 41.6 Å². The van der Waals surface area contributed by atoms with Crippen molar-refractivity contribution in [1.82, 2.24) is 9.78 Å². The molecule has 2 rings (SSSR count). The smallest absolute Gasteiger partial charge is 0.341 e. The molecule has 2 aromatic rings. The van der Waals surface area contributed by atoms with Crippen LogP contribution in [0.2, 0.25) is 0 Å². The summed E-state index contributed by atoms with van der Waals surface area (Å²) in [4.78, 5) is 11.2. The lowest BCUT2D eigenvalue weighted by atomic mass is 10.2. The number of nitrogens with two attached hydrogens (primary N) is 1. The molecule has 3 N–H and O–H groups in total. The van der Waals surface area contributed by atoms with Crippen LogP contribution < -0.4 is 11.1 Å². The van der Waals surface area contributed by atoms with Crippen LogP contribution in [-0.4, -0.2) is 15.8 Å². The van der Waals surface area contributed by atoms with Gasteiger partial charge in [-0.25, -0.2) is 4.79 Å². The Morgan fingerprint density at radius 2 is 2.12 bits per heavy atom. The molecule has 0 spiro atoms. The summed E-state index contributed by atoms with van der Waals surface area (Å²) in [5.74, 6) is 0.570. The number of carbonyl (C=O) groups excluding carboxylic acids is 1. The highest BCUT2D eigenvalue weighted by atomic mass is 16.2. The molecule has 88 valence electrons. The summed E-state index contributed by atoms with van der Waals surface area (Å²) in [7, 11) is 0. The Labute approximate surface area is 99.2 Å². The minimum atomic E-state index is -0.603. The van der Waals surface area contributed by atoms with Gasteiger partial charge < -0.3 is 11.1 Å². The van der Waals surface area contributed by atoms with Crippen molar-refractivity contribution >= 4 is 17.5 Å². The molecule has 1 aromatic heterocycles. The standard InChI is InChI=1S/C12H14N4O/c1-8-4-3-5-10(6-8)14-11-7-9(2)15-16(11)12(13)17/h3-7,14H,1-2H3,(H2,13,17). The lowest BCUT2D eigenvalue weighted by Gasteiger charge is -2.07. The van der Waals surface area contributed by atoms with Gasteiger partial charge in [-0.3, -0.25) is 0 Å². The highest BCUT2D eigenvalue weighted by molar-refractivity contribution is 5.79. The predicted octanol–water partition coefficient (Wildman–Crippen LogP) is 2.17. The van der Waals surface area contributed by atoms with Gasteiger partial charge in [-0.1, -0.05) is 12.1 Å². The second kappa shape index (κ2) is 4.29. The summed E-state index contributed by atoms with van der Waals surface area (Å²) < 4.78 is 1.15. The molecule has 17 heavy (non-hydrogen) atoms. The third-order valence-electron chi connectivity index (χ3n) is 2.33. The van der Waals surface area contributed by atoms with E-state index in [9.17, 15) is 4.79 Å². The molecule has 0 aliphatic rings. The molecule has 0 aliphatic heterocycles.